The van der Waals surface area contributed by atoms with Crippen LogP contribution in [-0.4, -0.2) is 37.7 Å². The Balaban J connectivity index is 1.40. The van der Waals surface area contributed by atoms with Crippen LogP contribution in [0.4, 0.5) is 0 Å². The molecule has 0 aromatic carbocycles. The van der Waals surface area contributed by atoms with Gasteiger partial charge >= 0.3 is 0 Å². The molecule has 22 heavy (non-hydrogen) atoms. The number of rotatable bonds is 4. The average molecular weight is 294 g/mol. The van der Waals surface area contributed by atoms with Crippen molar-refractivity contribution in [3.63, 3.8) is 0 Å². The van der Waals surface area contributed by atoms with Gasteiger partial charge in [0, 0.05) is 37.9 Å². The Labute approximate surface area is 129 Å². The topological polar surface area (TPSA) is 70.6 Å². The molecule has 3 heterocycles. The minimum absolute atomic E-state index is 0.354. The van der Waals surface area contributed by atoms with Gasteiger partial charge in [-0.25, -0.2) is 9.97 Å². The molecule has 2 aliphatic rings. The second kappa shape index (κ2) is 5.50. The molecule has 6 nitrogen and oxygen atoms in total. The summed E-state index contributed by atoms with van der Waals surface area (Å²) in [5.74, 6) is 1.61. The van der Waals surface area contributed by atoms with Gasteiger partial charge in [0.15, 0.2) is 0 Å². The summed E-state index contributed by atoms with van der Waals surface area (Å²) >= 11 is 0. The maximum absolute atomic E-state index is 8.89. The minimum Gasteiger partial charge on any atom is -0.295 e. The largest absolute Gasteiger partial charge is 0.295 e. The summed E-state index contributed by atoms with van der Waals surface area (Å²) in [6, 6.07) is 4.50. The first-order chi connectivity index (χ1) is 10.8. The van der Waals surface area contributed by atoms with Crippen molar-refractivity contribution in [2.45, 2.75) is 37.8 Å². The lowest BCUT2D eigenvalue weighted by atomic mass is 10.3. The maximum atomic E-state index is 8.89. The van der Waals surface area contributed by atoms with Gasteiger partial charge in [-0.2, -0.15) is 10.4 Å². The SMILES string of the molecule is N#Cc1cnn(C2CCN(Cc3ccnc(C4CC4)n3)C2)c1. The van der Waals surface area contributed by atoms with Gasteiger partial charge in [-0.15, -0.1) is 0 Å². The van der Waals surface area contributed by atoms with E-state index >= 15 is 0 Å². The van der Waals surface area contributed by atoms with Crippen LogP contribution in [0.1, 0.15) is 48.3 Å². The van der Waals surface area contributed by atoms with Crippen molar-refractivity contribution < 1.29 is 0 Å². The molecule has 0 radical (unpaired) electrons. The first-order valence-corrected chi connectivity index (χ1v) is 7.80. The molecule has 0 N–H and O–H groups in total. The highest BCUT2D eigenvalue weighted by molar-refractivity contribution is 5.22. The van der Waals surface area contributed by atoms with Crippen molar-refractivity contribution in [1.82, 2.24) is 24.6 Å². The third kappa shape index (κ3) is 2.72. The van der Waals surface area contributed by atoms with E-state index < -0.39 is 0 Å². The van der Waals surface area contributed by atoms with E-state index in [1.807, 2.05) is 23.1 Å². The minimum atomic E-state index is 0.354. The van der Waals surface area contributed by atoms with E-state index in [-0.39, 0.29) is 0 Å². The van der Waals surface area contributed by atoms with Gasteiger partial charge in [-0.1, -0.05) is 0 Å². The molecule has 112 valence electrons. The summed E-state index contributed by atoms with van der Waals surface area (Å²) in [7, 11) is 0. The van der Waals surface area contributed by atoms with Crippen LogP contribution < -0.4 is 0 Å². The molecule has 6 heteroatoms. The Kier molecular flexibility index (Phi) is 3.35. The van der Waals surface area contributed by atoms with E-state index in [1.54, 1.807) is 6.20 Å². The molecule has 1 saturated carbocycles. The van der Waals surface area contributed by atoms with Crippen LogP contribution in [-0.2, 0) is 6.54 Å². The Bertz CT molecular complexity index is 711. The van der Waals surface area contributed by atoms with E-state index in [0.29, 0.717) is 17.5 Å². The number of aromatic nitrogens is 4. The van der Waals surface area contributed by atoms with E-state index in [4.69, 9.17) is 10.2 Å². The van der Waals surface area contributed by atoms with Crippen LogP contribution >= 0.6 is 0 Å². The Morgan fingerprint density at radius 2 is 2.23 bits per heavy atom. The highest BCUT2D eigenvalue weighted by atomic mass is 15.3. The molecule has 1 aliphatic heterocycles. The van der Waals surface area contributed by atoms with E-state index in [0.717, 1.165) is 37.6 Å². The summed E-state index contributed by atoms with van der Waals surface area (Å²) in [6.45, 7) is 2.86. The number of hydrogen-bond donors (Lipinski definition) is 0. The van der Waals surface area contributed by atoms with Gasteiger partial charge < -0.3 is 0 Å². The molecular formula is C16H18N6. The standard InChI is InChI=1S/C16H18N6/c17-7-12-8-19-22(9-12)15-4-6-21(11-15)10-14-3-5-18-16(20-14)13-1-2-13/h3,5,8-9,13,15H,1-2,4,6,10-11H2. The summed E-state index contributed by atoms with van der Waals surface area (Å²) in [5.41, 5.74) is 1.74. The van der Waals surface area contributed by atoms with E-state index in [1.165, 1.54) is 12.8 Å². The Hall–Kier alpha value is -2.26. The van der Waals surface area contributed by atoms with Crippen molar-refractivity contribution in [3.05, 3.63) is 41.7 Å². The fourth-order valence-corrected chi connectivity index (χ4v) is 3.04. The fraction of sp³-hybridized carbons (Fsp3) is 0.500. The lowest BCUT2D eigenvalue weighted by Crippen LogP contribution is -2.22. The van der Waals surface area contributed by atoms with Gasteiger partial charge in [0.1, 0.15) is 11.9 Å². The Morgan fingerprint density at radius 3 is 3.00 bits per heavy atom. The van der Waals surface area contributed by atoms with Crippen molar-refractivity contribution >= 4 is 0 Å². The van der Waals surface area contributed by atoms with Crippen LogP contribution in [0.3, 0.4) is 0 Å². The van der Waals surface area contributed by atoms with Gasteiger partial charge in [-0.05, 0) is 25.3 Å². The lowest BCUT2D eigenvalue weighted by Gasteiger charge is -2.16. The lowest BCUT2D eigenvalue weighted by molar-refractivity contribution is 0.307. The van der Waals surface area contributed by atoms with Crippen molar-refractivity contribution in [3.8, 4) is 6.07 Å². The maximum Gasteiger partial charge on any atom is 0.131 e. The Morgan fingerprint density at radius 1 is 1.32 bits per heavy atom. The molecule has 1 unspecified atom stereocenters. The monoisotopic (exact) mass is 294 g/mol. The second-order valence-electron chi connectivity index (χ2n) is 6.18. The van der Waals surface area contributed by atoms with Gasteiger partial charge in [-0.3, -0.25) is 9.58 Å². The smallest absolute Gasteiger partial charge is 0.131 e. The molecule has 2 aromatic heterocycles. The zero-order valence-electron chi connectivity index (χ0n) is 12.4. The zero-order chi connectivity index (χ0) is 14.9. The van der Waals surface area contributed by atoms with E-state index in [2.05, 4.69) is 21.1 Å². The molecule has 1 aliphatic carbocycles. The molecule has 0 spiro atoms. The van der Waals surface area contributed by atoms with Gasteiger partial charge in [0.2, 0.25) is 0 Å². The number of hydrogen-bond acceptors (Lipinski definition) is 5. The van der Waals surface area contributed by atoms with Crippen molar-refractivity contribution in [1.29, 1.82) is 5.26 Å². The van der Waals surface area contributed by atoms with E-state index in [9.17, 15) is 0 Å². The summed E-state index contributed by atoms with van der Waals surface area (Å²) in [4.78, 5) is 11.5. The average Bonchev–Trinajstić information content (AvgIpc) is 3.10. The summed E-state index contributed by atoms with van der Waals surface area (Å²) in [6.07, 6.45) is 8.88. The molecule has 1 saturated heterocycles. The normalized spacial score (nSPS) is 21.9. The quantitative estimate of drug-likeness (QED) is 0.861. The van der Waals surface area contributed by atoms with Gasteiger partial charge in [0.25, 0.3) is 0 Å². The third-order valence-electron chi connectivity index (χ3n) is 4.41. The number of nitriles is 1. The fourth-order valence-electron chi connectivity index (χ4n) is 3.04. The molecule has 0 amide bonds. The molecule has 2 aromatic rings. The van der Waals surface area contributed by atoms with Crippen molar-refractivity contribution in [2.24, 2.45) is 0 Å². The van der Waals surface area contributed by atoms with Gasteiger partial charge in [0.05, 0.1) is 23.5 Å². The zero-order valence-corrected chi connectivity index (χ0v) is 12.4. The van der Waals surface area contributed by atoms with Crippen LogP contribution in [0, 0.1) is 11.3 Å². The first kappa shape index (κ1) is 13.4. The predicted octanol–water partition coefficient (Wildman–Crippen LogP) is 1.87. The molecule has 4 rings (SSSR count). The molecule has 2 fully saturated rings. The molecular weight excluding hydrogens is 276 g/mol. The molecule has 0 bridgehead atoms. The molecule has 1 atom stereocenters. The highest BCUT2D eigenvalue weighted by Crippen LogP contribution is 2.37. The first-order valence-electron chi connectivity index (χ1n) is 7.80. The van der Waals surface area contributed by atoms with Crippen molar-refractivity contribution in [2.75, 3.05) is 13.1 Å². The second-order valence-corrected chi connectivity index (χ2v) is 6.18. The van der Waals surface area contributed by atoms with Crippen LogP contribution in [0.25, 0.3) is 0 Å². The summed E-state index contributed by atoms with van der Waals surface area (Å²) in [5, 5.41) is 13.2. The van der Waals surface area contributed by atoms with Crippen LogP contribution in [0.15, 0.2) is 24.7 Å². The highest BCUT2D eigenvalue weighted by Gasteiger charge is 2.28. The number of likely N-dealkylation sites (tertiary alicyclic amines) is 1. The van der Waals surface area contributed by atoms with Crippen LogP contribution in [0.2, 0.25) is 0 Å². The third-order valence-corrected chi connectivity index (χ3v) is 4.41. The predicted molar refractivity (Wildman–Crippen MR) is 79.9 cm³/mol. The summed E-state index contributed by atoms with van der Waals surface area (Å²) < 4.78 is 1.92. The number of nitrogens with zero attached hydrogens (tertiary/aromatic N) is 6. The van der Waals surface area contributed by atoms with Crippen LogP contribution in [0.5, 0.6) is 0 Å².